The van der Waals surface area contributed by atoms with E-state index in [2.05, 4.69) is 11.0 Å². The molecule has 0 spiro atoms. The van der Waals surface area contributed by atoms with E-state index in [0.717, 1.165) is 51.5 Å². The first-order valence-electron chi connectivity index (χ1n) is 10.5. The smallest absolute Gasteiger partial charge is 0.228 e. The van der Waals surface area contributed by atoms with Crippen LogP contribution in [-0.2, 0) is 11.2 Å². The number of imidazole rings is 1. The Morgan fingerprint density at radius 2 is 1.94 bits per heavy atom. The highest BCUT2D eigenvalue weighted by Crippen LogP contribution is 2.27. The molecular formula is C24H23ClN4O2S. The van der Waals surface area contributed by atoms with Gasteiger partial charge in [0, 0.05) is 59.7 Å². The highest BCUT2D eigenvalue weighted by Gasteiger charge is 2.23. The molecule has 0 N–H and O–H groups in total. The molecule has 1 aliphatic rings. The minimum Gasteiger partial charge on any atom is -0.497 e. The van der Waals surface area contributed by atoms with Gasteiger partial charge in [0.25, 0.3) is 0 Å². The molecule has 1 amide bonds. The predicted octanol–water partition coefficient (Wildman–Crippen LogP) is 4.62. The van der Waals surface area contributed by atoms with E-state index in [0.29, 0.717) is 19.5 Å². The van der Waals surface area contributed by atoms with Gasteiger partial charge in [0.2, 0.25) is 5.91 Å². The Morgan fingerprint density at radius 1 is 1.12 bits per heavy atom. The number of piperazine rings is 1. The zero-order valence-electron chi connectivity index (χ0n) is 17.7. The topological polar surface area (TPSA) is 50.1 Å². The number of carbonyl (C=O) groups is 1. The molecule has 8 heteroatoms. The molecule has 2 aromatic heterocycles. The van der Waals surface area contributed by atoms with Crippen LogP contribution in [0.15, 0.2) is 60.1 Å². The summed E-state index contributed by atoms with van der Waals surface area (Å²) in [7, 11) is 1.66. The number of fused-ring (bicyclic) bond motifs is 1. The van der Waals surface area contributed by atoms with Crippen molar-refractivity contribution >= 4 is 39.5 Å². The van der Waals surface area contributed by atoms with Gasteiger partial charge in [0.05, 0.1) is 19.2 Å². The van der Waals surface area contributed by atoms with Crippen LogP contribution in [0, 0.1) is 0 Å². The fourth-order valence-electron chi connectivity index (χ4n) is 4.03. The van der Waals surface area contributed by atoms with Crippen molar-refractivity contribution in [3.8, 4) is 17.0 Å². The summed E-state index contributed by atoms with van der Waals surface area (Å²) >= 11 is 7.68. The van der Waals surface area contributed by atoms with E-state index in [4.69, 9.17) is 21.3 Å². The first-order valence-corrected chi connectivity index (χ1v) is 11.7. The lowest BCUT2D eigenvalue weighted by atomic mass is 10.1. The number of aromatic nitrogens is 2. The van der Waals surface area contributed by atoms with Gasteiger partial charge in [0.1, 0.15) is 5.75 Å². The average Bonchev–Trinajstić information content (AvgIpc) is 3.41. The van der Waals surface area contributed by atoms with Gasteiger partial charge in [-0.15, -0.1) is 11.3 Å². The summed E-state index contributed by atoms with van der Waals surface area (Å²) in [5.41, 5.74) is 3.94. The SMILES string of the molecule is COc1cccc(-c2cn3c(CC(=O)N4CCN(c5cccc(Cl)c5)CC4)csc3n2)c1. The molecule has 6 nitrogen and oxygen atoms in total. The lowest BCUT2D eigenvalue weighted by Gasteiger charge is -2.36. The highest BCUT2D eigenvalue weighted by atomic mass is 35.5. The summed E-state index contributed by atoms with van der Waals surface area (Å²) in [6, 6.07) is 15.7. The third-order valence-corrected chi connectivity index (χ3v) is 6.91. The molecule has 164 valence electrons. The molecule has 32 heavy (non-hydrogen) atoms. The van der Waals surface area contributed by atoms with Crippen molar-refractivity contribution in [1.82, 2.24) is 14.3 Å². The van der Waals surface area contributed by atoms with Crippen LogP contribution in [0.1, 0.15) is 5.69 Å². The van der Waals surface area contributed by atoms with Crippen LogP contribution in [0.4, 0.5) is 5.69 Å². The van der Waals surface area contributed by atoms with Gasteiger partial charge in [-0.3, -0.25) is 9.20 Å². The van der Waals surface area contributed by atoms with E-state index < -0.39 is 0 Å². The van der Waals surface area contributed by atoms with Gasteiger partial charge in [0.15, 0.2) is 4.96 Å². The van der Waals surface area contributed by atoms with E-state index in [1.54, 1.807) is 18.4 Å². The van der Waals surface area contributed by atoms with Crippen LogP contribution >= 0.6 is 22.9 Å². The van der Waals surface area contributed by atoms with E-state index in [1.165, 1.54) is 0 Å². The molecule has 0 aliphatic carbocycles. The van der Waals surface area contributed by atoms with Gasteiger partial charge in [-0.1, -0.05) is 29.8 Å². The van der Waals surface area contributed by atoms with Crippen molar-refractivity contribution in [3.63, 3.8) is 0 Å². The number of anilines is 1. The minimum atomic E-state index is 0.145. The molecular weight excluding hydrogens is 444 g/mol. The Hall–Kier alpha value is -3.03. The largest absolute Gasteiger partial charge is 0.497 e. The van der Waals surface area contributed by atoms with Gasteiger partial charge in [-0.25, -0.2) is 4.98 Å². The third-order valence-electron chi connectivity index (χ3n) is 5.79. The summed E-state index contributed by atoms with van der Waals surface area (Å²) in [5, 5.41) is 2.76. The van der Waals surface area contributed by atoms with Crippen LogP contribution in [0.25, 0.3) is 16.2 Å². The maximum Gasteiger partial charge on any atom is 0.228 e. The molecule has 1 aliphatic heterocycles. The van der Waals surface area contributed by atoms with Crippen LogP contribution < -0.4 is 9.64 Å². The maximum absolute atomic E-state index is 13.0. The van der Waals surface area contributed by atoms with Crippen molar-refractivity contribution in [3.05, 3.63) is 70.8 Å². The first kappa shape index (κ1) is 20.8. The molecule has 2 aromatic carbocycles. The molecule has 0 radical (unpaired) electrons. The maximum atomic E-state index is 13.0. The molecule has 0 unspecified atom stereocenters. The number of carbonyl (C=O) groups excluding carboxylic acids is 1. The minimum absolute atomic E-state index is 0.145. The Balaban J connectivity index is 1.26. The number of ether oxygens (including phenoxy) is 1. The Bertz CT molecular complexity index is 1260. The van der Waals surface area contributed by atoms with Crippen molar-refractivity contribution in [2.75, 3.05) is 38.2 Å². The number of thiazole rings is 1. The summed E-state index contributed by atoms with van der Waals surface area (Å²) < 4.78 is 7.35. The standard InChI is InChI=1S/C24H23ClN4O2S/c1-31-21-7-2-4-17(12-21)22-15-29-20(16-32-24(29)26-22)14-23(30)28-10-8-27(9-11-28)19-6-3-5-18(25)13-19/h2-7,12-13,15-16H,8-11,14H2,1H3. The number of methoxy groups -OCH3 is 1. The van der Waals surface area contributed by atoms with Crippen LogP contribution in [0.3, 0.4) is 0 Å². The molecule has 5 rings (SSSR count). The van der Waals surface area contributed by atoms with Crippen LogP contribution in [-0.4, -0.2) is 53.5 Å². The lowest BCUT2D eigenvalue weighted by Crippen LogP contribution is -2.49. The molecule has 0 bridgehead atoms. The Kier molecular flexibility index (Phi) is 5.76. The second-order valence-corrected chi connectivity index (χ2v) is 9.04. The highest BCUT2D eigenvalue weighted by molar-refractivity contribution is 7.15. The molecule has 0 saturated carbocycles. The summed E-state index contributed by atoms with van der Waals surface area (Å²) in [5.74, 6) is 0.943. The molecule has 1 fully saturated rings. The van der Waals surface area contributed by atoms with Gasteiger partial charge in [-0.05, 0) is 30.3 Å². The van der Waals surface area contributed by atoms with Crippen LogP contribution in [0.2, 0.25) is 5.02 Å². The number of rotatable bonds is 5. The monoisotopic (exact) mass is 466 g/mol. The normalized spacial score (nSPS) is 14.2. The number of benzene rings is 2. The molecule has 1 saturated heterocycles. The van der Waals surface area contributed by atoms with Gasteiger partial charge >= 0.3 is 0 Å². The summed E-state index contributed by atoms with van der Waals surface area (Å²) in [6.45, 7) is 3.02. The number of amides is 1. The predicted molar refractivity (Wildman–Crippen MR) is 129 cm³/mol. The van der Waals surface area contributed by atoms with Crippen molar-refractivity contribution in [2.24, 2.45) is 0 Å². The van der Waals surface area contributed by atoms with E-state index in [9.17, 15) is 4.79 Å². The Labute approximate surface area is 195 Å². The van der Waals surface area contributed by atoms with Crippen molar-refractivity contribution in [2.45, 2.75) is 6.42 Å². The summed E-state index contributed by atoms with van der Waals surface area (Å²) in [6.07, 6.45) is 2.37. The van der Waals surface area contributed by atoms with E-state index in [-0.39, 0.29) is 5.91 Å². The summed E-state index contributed by atoms with van der Waals surface area (Å²) in [4.78, 5) is 22.8. The third kappa shape index (κ3) is 4.18. The Morgan fingerprint density at radius 3 is 2.72 bits per heavy atom. The fourth-order valence-corrected chi connectivity index (χ4v) is 5.09. The zero-order chi connectivity index (χ0) is 22.1. The van der Waals surface area contributed by atoms with E-state index >= 15 is 0 Å². The lowest BCUT2D eigenvalue weighted by molar-refractivity contribution is -0.130. The fraction of sp³-hybridized carbons (Fsp3) is 0.250. The average molecular weight is 467 g/mol. The number of hydrogen-bond donors (Lipinski definition) is 0. The second kappa shape index (κ2) is 8.84. The zero-order valence-corrected chi connectivity index (χ0v) is 19.3. The van der Waals surface area contributed by atoms with E-state index in [1.807, 2.05) is 63.3 Å². The number of nitrogens with zero attached hydrogens (tertiary/aromatic N) is 4. The van der Waals surface area contributed by atoms with Gasteiger partial charge < -0.3 is 14.5 Å². The first-order chi connectivity index (χ1) is 15.6. The van der Waals surface area contributed by atoms with Crippen molar-refractivity contribution in [1.29, 1.82) is 0 Å². The number of hydrogen-bond acceptors (Lipinski definition) is 5. The molecule has 4 aromatic rings. The van der Waals surface area contributed by atoms with Crippen molar-refractivity contribution < 1.29 is 9.53 Å². The quantitative estimate of drug-likeness (QED) is 0.431. The van der Waals surface area contributed by atoms with Crippen LogP contribution in [0.5, 0.6) is 5.75 Å². The second-order valence-electron chi connectivity index (χ2n) is 7.76. The molecule has 3 heterocycles. The number of halogens is 1. The molecule has 0 atom stereocenters. The van der Waals surface area contributed by atoms with Gasteiger partial charge in [-0.2, -0.15) is 0 Å².